The summed E-state index contributed by atoms with van der Waals surface area (Å²) in [5, 5.41) is 0. The monoisotopic (exact) mass is 367 g/mol. The van der Waals surface area contributed by atoms with Crippen molar-refractivity contribution in [2.24, 2.45) is 4.99 Å². The van der Waals surface area contributed by atoms with Crippen LogP contribution in [0.15, 0.2) is 78.0 Å². The highest BCUT2D eigenvalue weighted by Gasteiger charge is 2.04. The number of benzene rings is 3. The summed E-state index contributed by atoms with van der Waals surface area (Å²) >= 11 is 0. The van der Waals surface area contributed by atoms with Crippen molar-refractivity contribution in [3.8, 4) is 11.4 Å². The molecule has 4 aromatic rings. The van der Waals surface area contributed by atoms with Crippen LogP contribution in [0, 0.1) is 0 Å². The molecule has 0 saturated carbocycles. The summed E-state index contributed by atoms with van der Waals surface area (Å²) < 4.78 is 7.57. The lowest BCUT2D eigenvalue weighted by Gasteiger charge is -2.06. The van der Waals surface area contributed by atoms with Crippen LogP contribution in [0.4, 0.5) is 0 Å². The van der Waals surface area contributed by atoms with E-state index in [0.717, 1.165) is 39.2 Å². The van der Waals surface area contributed by atoms with Crippen molar-refractivity contribution in [1.82, 2.24) is 9.55 Å². The minimum absolute atomic E-state index is 0.811. The lowest BCUT2D eigenvalue weighted by molar-refractivity contribution is 0.414. The van der Waals surface area contributed by atoms with Gasteiger partial charge in [0.1, 0.15) is 12.1 Å². The van der Waals surface area contributed by atoms with Crippen LogP contribution in [0.3, 0.4) is 0 Å². The van der Waals surface area contributed by atoms with Crippen molar-refractivity contribution in [3.05, 3.63) is 89.7 Å². The molecular formula is C24H21N3O. The van der Waals surface area contributed by atoms with Gasteiger partial charge in [-0.1, -0.05) is 42.5 Å². The highest BCUT2D eigenvalue weighted by atomic mass is 16.5. The minimum atomic E-state index is 0.811. The fraction of sp³-hybridized carbons (Fsp3) is 0.0833. The number of rotatable bonds is 5. The molecule has 0 atom stereocenters. The number of hydrogen-bond donors (Lipinski definition) is 0. The Hall–Kier alpha value is -3.66. The highest BCUT2D eigenvalue weighted by molar-refractivity contribution is 5.85. The fourth-order valence-electron chi connectivity index (χ4n) is 3.21. The number of imidazole rings is 1. The standard InChI is InChI=1S/C24H21N3O/c1-25-16-20-13-12-19(15-24(20)28-2)11-10-18-6-5-7-21(14-18)27-17-26-22-8-3-4-9-23(22)27/h3-17H,1-2H3/b11-10+,25-16?. The van der Waals surface area contributed by atoms with Gasteiger partial charge in [0, 0.05) is 24.5 Å². The normalized spacial score (nSPS) is 11.6. The number of aromatic nitrogens is 2. The molecule has 3 aromatic carbocycles. The van der Waals surface area contributed by atoms with E-state index in [1.807, 2.05) is 36.7 Å². The SMILES string of the molecule is CN=Cc1ccc(/C=C/c2cccc(-n3cnc4ccccc43)c2)cc1OC. The molecule has 1 heterocycles. The first kappa shape index (κ1) is 17.7. The van der Waals surface area contributed by atoms with Crippen LogP contribution in [-0.4, -0.2) is 29.9 Å². The van der Waals surface area contributed by atoms with Crippen LogP contribution < -0.4 is 4.74 Å². The zero-order valence-electron chi connectivity index (χ0n) is 15.9. The van der Waals surface area contributed by atoms with E-state index in [1.165, 1.54) is 0 Å². The van der Waals surface area contributed by atoms with Gasteiger partial charge in [-0.25, -0.2) is 4.98 Å². The molecule has 138 valence electrons. The van der Waals surface area contributed by atoms with Gasteiger partial charge in [-0.05, 0) is 47.5 Å². The van der Waals surface area contributed by atoms with Crippen LogP contribution >= 0.6 is 0 Å². The lowest BCUT2D eigenvalue weighted by atomic mass is 10.1. The van der Waals surface area contributed by atoms with E-state index in [2.05, 4.69) is 63.1 Å². The number of para-hydroxylation sites is 2. The number of aliphatic imine (C=N–C) groups is 1. The van der Waals surface area contributed by atoms with Crippen molar-refractivity contribution in [2.75, 3.05) is 14.2 Å². The Morgan fingerprint density at radius 2 is 1.75 bits per heavy atom. The second kappa shape index (κ2) is 7.92. The Labute approximate surface area is 164 Å². The van der Waals surface area contributed by atoms with E-state index in [-0.39, 0.29) is 0 Å². The average Bonchev–Trinajstić information content (AvgIpc) is 3.17. The average molecular weight is 367 g/mol. The largest absolute Gasteiger partial charge is 0.496 e. The third-order valence-electron chi connectivity index (χ3n) is 4.60. The molecular weight excluding hydrogens is 346 g/mol. The number of ether oxygens (including phenoxy) is 1. The van der Waals surface area contributed by atoms with Gasteiger partial charge in [0.15, 0.2) is 0 Å². The van der Waals surface area contributed by atoms with Crippen molar-refractivity contribution in [1.29, 1.82) is 0 Å². The Bertz CT molecular complexity index is 1170. The van der Waals surface area contributed by atoms with E-state index >= 15 is 0 Å². The number of methoxy groups -OCH3 is 1. The second-order valence-electron chi connectivity index (χ2n) is 6.42. The van der Waals surface area contributed by atoms with Gasteiger partial charge < -0.3 is 4.74 Å². The molecule has 0 spiro atoms. The molecule has 0 saturated heterocycles. The molecule has 0 aliphatic rings. The summed E-state index contributed by atoms with van der Waals surface area (Å²) in [5.41, 5.74) is 6.34. The van der Waals surface area contributed by atoms with Gasteiger partial charge >= 0.3 is 0 Å². The third kappa shape index (κ3) is 3.58. The molecule has 4 heteroatoms. The first-order chi connectivity index (χ1) is 13.8. The van der Waals surface area contributed by atoms with Crippen molar-refractivity contribution >= 4 is 29.4 Å². The molecule has 0 radical (unpaired) electrons. The maximum absolute atomic E-state index is 5.46. The Morgan fingerprint density at radius 1 is 0.929 bits per heavy atom. The number of fused-ring (bicyclic) bond motifs is 1. The van der Waals surface area contributed by atoms with E-state index in [1.54, 1.807) is 20.4 Å². The van der Waals surface area contributed by atoms with Gasteiger partial charge in [0.25, 0.3) is 0 Å². The molecule has 0 aliphatic carbocycles. The predicted octanol–water partition coefficient (Wildman–Crippen LogP) is 5.25. The second-order valence-corrected chi connectivity index (χ2v) is 6.42. The Morgan fingerprint density at radius 3 is 2.57 bits per heavy atom. The summed E-state index contributed by atoms with van der Waals surface area (Å²) in [6.07, 6.45) is 7.85. The van der Waals surface area contributed by atoms with E-state index < -0.39 is 0 Å². The van der Waals surface area contributed by atoms with Crippen molar-refractivity contribution < 1.29 is 4.74 Å². The summed E-state index contributed by atoms with van der Waals surface area (Å²) in [7, 11) is 3.43. The first-order valence-electron chi connectivity index (χ1n) is 9.09. The van der Waals surface area contributed by atoms with Gasteiger partial charge in [-0.3, -0.25) is 9.56 Å². The lowest BCUT2D eigenvalue weighted by Crippen LogP contribution is -1.92. The topological polar surface area (TPSA) is 39.4 Å². The van der Waals surface area contributed by atoms with Gasteiger partial charge in [-0.15, -0.1) is 0 Å². The number of nitrogens with zero attached hydrogens (tertiary/aromatic N) is 3. The first-order valence-corrected chi connectivity index (χ1v) is 9.09. The summed E-state index contributed by atoms with van der Waals surface area (Å²) in [6.45, 7) is 0. The van der Waals surface area contributed by atoms with E-state index in [9.17, 15) is 0 Å². The zero-order chi connectivity index (χ0) is 19.3. The van der Waals surface area contributed by atoms with Gasteiger partial charge in [0.05, 0.1) is 18.1 Å². The molecule has 1 aromatic heterocycles. The van der Waals surface area contributed by atoms with Crippen molar-refractivity contribution in [3.63, 3.8) is 0 Å². The zero-order valence-corrected chi connectivity index (χ0v) is 15.9. The molecule has 4 nitrogen and oxygen atoms in total. The third-order valence-corrected chi connectivity index (χ3v) is 4.60. The van der Waals surface area contributed by atoms with Crippen LogP contribution in [0.2, 0.25) is 0 Å². The fourth-order valence-corrected chi connectivity index (χ4v) is 3.21. The van der Waals surface area contributed by atoms with Crippen LogP contribution in [0.5, 0.6) is 5.75 Å². The summed E-state index contributed by atoms with van der Waals surface area (Å²) in [4.78, 5) is 8.54. The summed E-state index contributed by atoms with van der Waals surface area (Å²) in [6, 6.07) is 22.6. The maximum Gasteiger partial charge on any atom is 0.128 e. The Balaban J connectivity index is 1.63. The Kier molecular flexibility index (Phi) is 5.02. The van der Waals surface area contributed by atoms with Crippen LogP contribution in [0.1, 0.15) is 16.7 Å². The predicted molar refractivity (Wildman–Crippen MR) is 117 cm³/mol. The quantitative estimate of drug-likeness (QED) is 0.357. The van der Waals surface area contributed by atoms with Gasteiger partial charge in [0.2, 0.25) is 0 Å². The molecule has 4 rings (SSSR count). The summed E-state index contributed by atoms with van der Waals surface area (Å²) in [5.74, 6) is 0.811. The van der Waals surface area contributed by atoms with Crippen molar-refractivity contribution in [2.45, 2.75) is 0 Å². The molecule has 0 bridgehead atoms. The van der Waals surface area contributed by atoms with Gasteiger partial charge in [-0.2, -0.15) is 0 Å². The molecule has 0 N–H and O–H groups in total. The molecule has 0 amide bonds. The van der Waals surface area contributed by atoms with Crippen LogP contribution in [0.25, 0.3) is 28.9 Å². The smallest absolute Gasteiger partial charge is 0.128 e. The molecule has 28 heavy (non-hydrogen) atoms. The molecule has 0 fully saturated rings. The molecule has 0 aliphatic heterocycles. The van der Waals surface area contributed by atoms with E-state index in [0.29, 0.717) is 0 Å². The highest BCUT2D eigenvalue weighted by Crippen LogP contribution is 2.22. The van der Waals surface area contributed by atoms with E-state index in [4.69, 9.17) is 4.74 Å². The maximum atomic E-state index is 5.46. The number of hydrogen-bond acceptors (Lipinski definition) is 3. The molecule has 0 unspecified atom stereocenters. The van der Waals surface area contributed by atoms with Crippen LogP contribution in [-0.2, 0) is 0 Å². The minimum Gasteiger partial charge on any atom is -0.496 e.